The molecule has 0 aliphatic heterocycles. The van der Waals surface area contributed by atoms with Crippen LogP contribution in [0.5, 0.6) is 0 Å². The summed E-state index contributed by atoms with van der Waals surface area (Å²) in [7, 11) is 4.75. The second kappa shape index (κ2) is 6.73. The van der Waals surface area contributed by atoms with Gasteiger partial charge in [0.25, 0.3) is 0 Å². The number of benzene rings is 1. The van der Waals surface area contributed by atoms with E-state index < -0.39 is 5.91 Å². The summed E-state index contributed by atoms with van der Waals surface area (Å²) >= 11 is 0. The first-order chi connectivity index (χ1) is 10.4. The Kier molecular flexibility index (Phi) is 5.16. The predicted octanol–water partition coefficient (Wildman–Crippen LogP) is 3.64. The molecule has 114 valence electrons. The highest BCUT2D eigenvalue weighted by molar-refractivity contribution is 7.28. The fourth-order valence-electron chi connectivity index (χ4n) is 2.18. The van der Waals surface area contributed by atoms with Crippen molar-refractivity contribution in [2.45, 2.75) is 19.8 Å². The summed E-state index contributed by atoms with van der Waals surface area (Å²) in [6.07, 6.45) is 3.03. The molecule has 3 unspecified atom stereocenters. The standard InChI is InChI=1S/C16H17FN2OP2/c1-4-11-14(9(3)20)19-12(7-18-11)13-10(16(17)22)6-5-8(2)15(13)21/h4-7,16H,1,21-22H2,2-3H3. The van der Waals surface area contributed by atoms with Gasteiger partial charge in [0, 0.05) is 12.5 Å². The Hall–Kier alpha value is -1.50. The van der Waals surface area contributed by atoms with Gasteiger partial charge in [0.2, 0.25) is 0 Å². The first kappa shape index (κ1) is 16.9. The van der Waals surface area contributed by atoms with Crippen molar-refractivity contribution in [1.29, 1.82) is 0 Å². The van der Waals surface area contributed by atoms with Crippen molar-refractivity contribution in [2.24, 2.45) is 0 Å². The number of carbonyl (C=O) groups excluding carboxylic acids is 1. The van der Waals surface area contributed by atoms with Crippen molar-refractivity contribution < 1.29 is 9.18 Å². The van der Waals surface area contributed by atoms with Crippen LogP contribution in [0.15, 0.2) is 24.9 Å². The molecule has 0 spiro atoms. The van der Waals surface area contributed by atoms with E-state index in [4.69, 9.17) is 0 Å². The molecule has 0 radical (unpaired) electrons. The molecule has 1 heterocycles. The van der Waals surface area contributed by atoms with Gasteiger partial charge in [-0.15, -0.1) is 9.24 Å². The first-order valence-corrected chi connectivity index (χ1v) is 7.90. The Bertz CT molecular complexity index is 760. The summed E-state index contributed by atoms with van der Waals surface area (Å²) in [6, 6.07) is 3.58. The molecule has 1 aromatic heterocycles. The normalized spacial score (nSPS) is 12.0. The van der Waals surface area contributed by atoms with Crippen LogP contribution in [0.2, 0.25) is 0 Å². The molecule has 0 aliphatic carbocycles. The van der Waals surface area contributed by atoms with Gasteiger partial charge in [-0.3, -0.25) is 9.78 Å². The minimum absolute atomic E-state index is 0.202. The van der Waals surface area contributed by atoms with E-state index in [1.54, 1.807) is 12.3 Å². The zero-order chi connectivity index (χ0) is 16.4. The third-order valence-electron chi connectivity index (χ3n) is 3.38. The van der Waals surface area contributed by atoms with Crippen LogP contribution < -0.4 is 5.30 Å². The molecule has 2 rings (SSSR count). The van der Waals surface area contributed by atoms with Crippen molar-refractivity contribution in [3.05, 3.63) is 47.4 Å². The summed E-state index contributed by atoms with van der Waals surface area (Å²) in [5.74, 6) is -1.43. The summed E-state index contributed by atoms with van der Waals surface area (Å²) in [6.45, 7) is 6.99. The molecule has 1 aromatic carbocycles. The summed E-state index contributed by atoms with van der Waals surface area (Å²) in [4.78, 5) is 20.4. The van der Waals surface area contributed by atoms with Crippen LogP contribution in [0.3, 0.4) is 0 Å². The number of aryl methyl sites for hydroxylation is 1. The van der Waals surface area contributed by atoms with Gasteiger partial charge in [-0.25, -0.2) is 9.37 Å². The largest absolute Gasteiger partial charge is 0.293 e. The van der Waals surface area contributed by atoms with E-state index in [9.17, 15) is 9.18 Å². The first-order valence-electron chi connectivity index (χ1n) is 6.66. The van der Waals surface area contributed by atoms with Crippen LogP contribution in [-0.4, -0.2) is 15.8 Å². The zero-order valence-corrected chi connectivity index (χ0v) is 14.7. The van der Waals surface area contributed by atoms with E-state index in [-0.39, 0.29) is 11.5 Å². The number of nitrogens with zero attached hydrogens (tertiary/aromatic N) is 2. The molecular formula is C16H17FN2OP2. The number of aromatic nitrogens is 2. The molecule has 0 aliphatic rings. The van der Waals surface area contributed by atoms with Gasteiger partial charge in [-0.05, 0) is 29.4 Å². The monoisotopic (exact) mass is 334 g/mol. The van der Waals surface area contributed by atoms with Crippen LogP contribution in [0.1, 0.15) is 40.1 Å². The highest BCUT2D eigenvalue weighted by Crippen LogP contribution is 2.33. The number of hydrogen-bond acceptors (Lipinski definition) is 3. The van der Waals surface area contributed by atoms with Crippen LogP contribution in [0.4, 0.5) is 4.39 Å². The maximum Gasteiger partial charge on any atom is 0.180 e. The third kappa shape index (κ3) is 3.14. The van der Waals surface area contributed by atoms with Gasteiger partial charge < -0.3 is 0 Å². The smallest absolute Gasteiger partial charge is 0.180 e. The maximum absolute atomic E-state index is 13.9. The van der Waals surface area contributed by atoms with Crippen LogP contribution in [0, 0.1) is 6.92 Å². The van der Waals surface area contributed by atoms with Crippen LogP contribution in [-0.2, 0) is 0 Å². The minimum Gasteiger partial charge on any atom is -0.293 e. The van der Waals surface area contributed by atoms with Crippen molar-refractivity contribution >= 4 is 35.6 Å². The molecule has 0 amide bonds. The fraction of sp³-hybridized carbons (Fsp3) is 0.188. The lowest BCUT2D eigenvalue weighted by molar-refractivity contribution is 0.101. The number of alkyl halides is 1. The lowest BCUT2D eigenvalue weighted by atomic mass is 10.0. The third-order valence-corrected chi connectivity index (χ3v) is 4.48. The Morgan fingerprint density at radius 3 is 2.68 bits per heavy atom. The highest BCUT2D eigenvalue weighted by atomic mass is 31.0. The van der Waals surface area contributed by atoms with Crippen molar-refractivity contribution in [1.82, 2.24) is 9.97 Å². The molecule has 22 heavy (non-hydrogen) atoms. The molecular weight excluding hydrogens is 317 g/mol. The van der Waals surface area contributed by atoms with Crippen LogP contribution in [0.25, 0.3) is 17.3 Å². The number of Topliss-reactive ketones (excluding diaryl/α,β-unsaturated/α-hetero) is 1. The summed E-state index contributed by atoms with van der Waals surface area (Å²) in [5.41, 5.74) is 3.29. The number of hydrogen-bond donors (Lipinski definition) is 0. The van der Waals surface area contributed by atoms with Crippen molar-refractivity contribution in [2.75, 3.05) is 0 Å². The average Bonchev–Trinajstić information content (AvgIpc) is 2.48. The molecule has 0 bridgehead atoms. The van der Waals surface area contributed by atoms with Gasteiger partial charge in [0.15, 0.2) is 5.78 Å². The molecule has 3 nitrogen and oxygen atoms in total. The summed E-state index contributed by atoms with van der Waals surface area (Å²) in [5, 5.41) is 0.845. The molecule has 0 fully saturated rings. The molecule has 0 saturated heterocycles. The average molecular weight is 334 g/mol. The lowest BCUT2D eigenvalue weighted by Gasteiger charge is -2.16. The lowest BCUT2D eigenvalue weighted by Crippen LogP contribution is -2.10. The topological polar surface area (TPSA) is 42.9 Å². The molecule has 2 aromatic rings. The Labute approximate surface area is 133 Å². The van der Waals surface area contributed by atoms with Crippen molar-refractivity contribution in [3.8, 4) is 11.3 Å². The molecule has 0 saturated carbocycles. The SMILES string of the molecule is C=Cc1ncc(-c2c(C(F)P)ccc(C)c2P)nc1C(C)=O. The molecule has 6 heteroatoms. The van der Waals surface area contributed by atoms with Gasteiger partial charge >= 0.3 is 0 Å². The quantitative estimate of drug-likeness (QED) is 0.633. The van der Waals surface area contributed by atoms with Crippen LogP contribution >= 0.6 is 18.5 Å². The van der Waals surface area contributed by atoms with Crippen molar-refractivity contribution in [3.63, 3.8) is 0 Å². The second-order valence-electron chi connectivity index (χ2n) is 4.91. The number of halogens is 1. The van der Waals surface area contributed by atoms with E-state index >= 15 is 0 Å². The molecule has 0 N–H and O–H groups in total. The van der Waals surface area contributed by atoms with Gasteiger partial charge in [0.1, 0.15) is 11.6 Å². The van der Waals surface area contributed by atoms with Gasteiger partial charge in [-0.2, -0.15) is 0 Å². The van der Waals surface area contributed by atoms with E-state index in [0.29, 0.717) is 22.5 Å². The van der Waals surface area contributed by atoms with E-state index in [2.05, 4.69) is 35.0 Å². The van der Waals surface area contributed by atoms with E-state index in [0.717, 1.165) is 10.9 Å². The summed E-state index contributed by atoms with van der Waals surface area (Å²) < 4.78 is 13.9. The van der Waals surface area contributed by atoms with Gasteiger partial charge in [0.05, 0.1) is 17.6 Å². The Balaban J connectivity index is 2.76. The predicted molar refractivity (Wildman–Crippen MR) is 95.2 cm³/mol. The fourth-order valence-corrected chi connectivity index (χ4v) is 2.87. The highest BCUT2D eigenvalue weighted by Gasteiger charge is 2.18. The number of ketones is 1. The van der Waals surface area contributed by atoms with E-state index in [1.807, 2.05) is 13.0 Å². The van der Waals surface area contributed by atoms with Gasteiger partial charge in [-0.1, -0.05) is 28.0 Å². The number of rotatable bonds is 4. The Morgan fingerprint density at radius 1 is 1.45 bits per heavy atom. The maximum atomic E-state index is 13.9. The zero-order valence-electron chi connectivity index (χ0n) is 12.4. The molecule has 3 atom stereocenters. The Morgan fingerprint density at radius 2 is 2.14 bits per heavy atom. The van der Waals surface area contributed by atoms with E-state index in [1.165, 1.54) is 13.0 Å². The number of carbonyl (C=O) groups is 1. The minimum atomic E-state index is -1.23. The second-order valence-corrected chi connectivity index (χ2v) is 6.07.